The zero-order chi connectivity index (χ0) is 78.7. The molecule has 4 heterocycles. The summed E-state index contributed by atoms with van der Waals surface area (Å²) in [5.41, 5.74) is -1.59. The molecule has 0 radical (unpaired) electrons. The average Bonchev–Trinajstić information content (AvgIpc) is 1.71. The maximum Gasteiger partial charge on any atom is 0.393 e. The van der Waals surface area contributed by atoms with Gasteiger partial charge in [-0.2, -0.15) is 13.2 Å². The van der Waals surface area contributed by atoms with Crippen molar-refractivity contribution in [3.63, 3.8) is 0 Å². The van der Waals surface area contributed by atoms with Crippen molar-refractivity contribution in [2.75, 3.05) is 89.2 Å². The predicted octanol–water partition coefficient (Wildman–Crippen LogP) is 6.04. The fourth-order valence-electron chi connectivity index (χ4n) is 17.9. The van der Waals surface area contributed by atoms with Crippen LogP contribution in [-0.4, -0.2) is 288 Å². The molecule has 4 saturated carbocycles. The Morgan fingerprint density at radius 3 is 1.92 bits per heavy atom. The fourth-order valence-corrected chi connectivity index (χ4v) is 18.4. The smallest absolute Gasteiger partial charge is 0.380 e. The Hall–Kier alpha value is -6.62. The lowest BCUT2D eigenvalue weighted by atomic mass is 9.74. The highest BCUT2D eigenvalue weighted by atomic mass is 35.5. The van der Waals surface area contributed by atoms with E-state index in [9.17, 15) is 27.6 Å². The number of nitrogens with one attached hydrogen (secondary N) is 3. The number of ether oxygens (including phenoxy) is 2. The lowest BCUT2D eigenvalue weighted by molar-refractivity contribution is -0.182. The molecule has 3 saturated heterocycles. The SMILES string of the molecule is CCC[C@H]1C(=O)N[C@H]([C@@H](C)CC)C(=O)N2C[C@@H](OC)C[C@H]2C(=O)N(C)[C@H]2C/C=C\CCN(C2=O)[C@@H](CC2CCC(C)CC2)C(=O)N(C)CC(=O)N[C@@H](CCC2CCC(C(F)(F)F)C(Cl)C2)C(=O)N2C[C@H](OCC)C[C@H]2C(=O)NC2(CCC2)C(=O)N(C)[C@@H](C2CCCC2)C(=O)N(C)[C@H](C(=O)N(C)C)CC(=O)N1C. The Kier molecular flexibility index (Phi) is 30.4. The average molecular weight is 1530 g/mol. The predicted molar refractivity (Wildman–Crippen MR) is 394 cm³/mol. The molecule has 8 rings (SSSR count). The first-order valence-electron chi connectivity index (χ1n) is 39.5. The number of hydrogen-bond acceptors (Lipinski definition) is 14. The highest BCUT2D eigenvalue weighted by molar-refractivity contribution is 6.21. The monoisotopic (exact) mass is 1530 g/mol. The minimum Gasteiger partial charge on any atom is -0.380 e. The molecule has 3 unspecified atom stereocenters. The van der Waals surface area contributed by atoms with Gasteiger partial charge in [0.25, 0.3) is 0 Å². The molecule has 107 heavy (non-hydrogen) atoms. The summed E-state index contributed by atoms with van der Waals surface area (Å²) >= 11 is 6.47. The molecule has 3 N–H and O–H groups in total. The molecule has 30 heteroatoms. The van der Waals surface area contributed by atoms with Crippen LogP contribution < -0.4 is 16.0 Å². The minimum absolute atomic E-state index is 0.0165. The summed E-state index contributed by atoms with van der Waals surface area (Å²) in [6.07, 6.45) is 5.17. The summed E-state index contributed by atoms with van der Waals surface area (Å²) < 4.78 is 54.4. The van der Waals surface area contributed by atoms with E-state index in [2.05, 4.69) is 22.9 Å². The van der Waals surface area contributed by atoms with Crippen molar-refractivity contribution in [2.45, 2.75) is 279 Å². The molecule has 0 aromatic carbocycles. The van der Waals surface area contributed by atoms with Crippen molar-refractivity contribution in [3.8, 4) is 0 Å². The van der Waals surface area contributed by atoms with Gasteiger partial charge in [0.15, 0.2) is 0 Å². The largest absolute Gasteiger partial charge is 0.393 e. The van der Waals surface area contributed by atoms with Gasteiger partial charge in [-0.05, 0) is 126 Å². The van der Waals surface area contributed by atoms with Gasteiger partial charge in [0, 0.05) is 101 Å². The number of nitrogens with zero attached hydrogens (tertiary/aromatic N) is 9. The van der Waals surface area contributed by atoms with Gasteiger partial charge in [-0.1, -0.05) is 91.2 Å². The highest BCUT2D eigenvalue weighted by Gasteiger charge is 2.55. The van der Waals surface area contributed by atoms with Gasteiger partial charge in [0.05, 0.1) is 31.1 Å². The number of alkyl halides is 4. The fraction of sp³-hybridized carbons (Fsp3) is 0.818. The van der Waals surface area contributed by atoms with E-state index in [-0.39, 0.29) is 109 Å². The normalized spacial score (nSPS) is 33.1. The van der Waals surface area contributed by atoms with Crippen LogP contribution in [0.1, 0.15) is 195 Å². The number of amides is 12. The number of methoxy groups -OCH3 is 1. The minimum atomic E-state index is -4.53. The highest BCUT2D eigenvalue weighted by Crippen LogP contribution is 2.45. The molecule has 26 nitrogen and oxygen atoms in total. The summed E-state index contributed by atoms with van der Waals surface area (Å²) in [5, 5.41) is 7.63. The van der Waals surface area contributed by atoms with E-state index in [0.717, 1.165) is 38.5 Å². The lowest BCUT2D eigenvalue weighted by Crippen LogP contribution is -2.68. The number of carbonyl (C=O) groups is 12. The van der Waals surface area contributed by atoms with Gasteiger partial charge in [-0.25, -0.2) is 0 Å². The van der Waals surface area contributed by atoms with Crippen molar-refractivity contribution in [2.24, 2.45) is 35.5 Å². The van der Waals surface area contributed by atoms with Crippen LogP contribution in [0.5, 0.6) is 0 Å². The van der Waals surface area contributed by atoms with Crippen LogP contribution in [0.15, 0.2) is 12.2 Å². The van der Waals surface area contributed by atoms with E-state index in [4.69, 9.17) is 21.1 Å². The van der Waals surface area contributed by atoms with Gasteiger partial charge in [-0.3, -0.25) is 57.5 Å². The van der Waals surface area contributed by atoms with Crippen molar-refractivity contribution in [1.82, 2.24) is 60.0 Å². The number of carbonyl (C=O) groups excluding carboxylic acids is 12. The molecule has 7 fully saturated rings. The molecular weight excluding hydrogens is 1410 g/mol. The van der Waals surface area contributed by atoms with Crippen LogP contribution in [0, 0.1) is 35.5 Å². The molecule has 0 aromatic rings. The van der Waals surface area contributed by atoms with Gasteiger partial charge in [-0.15, -0.1) is 11.6 Å². The van der Waals surface area contributed by atoms with Crippen LogP contribution in [-0.2, 0) is 67.0 Å². The number of halogens is 4. The standard InChI is InChI=1S/C77H122ClF3N12O14/c1-14-23-56-66(96)83-64(47(5)15-2)73(103)93-43-51(106-13)40-61(93)71(101)88(10)57-26-18-17-21-37-91(72(57)102)60(39-49-29-27-46(4)28-30-49)70(100)86(8)45-62(94)82-55(34-32-48-31-33-53(54(78)38-48)77(79,80)81)68(98)92-44-52(107-16-3)41-58(92)67(97)84-76(35-22-36-76)75(105)90(12)65(50-24-19-20-25-50)74(104)89(11)59(69(99)85(6)7)42-63(95)87(56)9/h17-18,46-61,64-65H,14-16,19-45H2,1-13H3,(H,82,94)(H,83,96)(H,84,97)/b18-17-/t46?,47-,48?,49?,51-,52+,53?,54?,55-,56-,57-,58-,59-,60-,61-,64+,65-/m0/s1. The maximum atomic E-state index is 15.7. The molecule has 4 aliphatic heterocycles. The summed E-state index contributed by atoms with van der Waals surface area (Å²) in [7, 11) is 11.6. The Morgan fingerprint density at radius 1 is 0.673 bits per heavy atom. The second-order valence-corrected chi connectivity index (χ2v) is 33.0. The summed E-state index contributed by atoms with van der Waals surface area (Å²) in [6.45, 7) is 8.80. The maximum absolute atomic E-state index is 15.7. The summed E-state index contributed by atoms with van der Waals surface area (Å²) in [4.78, 5) is 195. The second-order valence-electron chi connectivity index (χ2n) is 32.4. The molecule has 15 atom stereocenters. The second kappa shape index (κ2) is 37.9. The Morgan fingerprint density at radius 2 is 1.32 bits per heavy atom. The van der Waals surface area contributed by atoms with Gasteiger partial charge >= 0.3 is 6.18 Å². The Bertz CT molecular complexity index is 3200. The third kappa shape index (κ3) is 20.3. The first-order chi connectivity index (χ1) is 50.6. The Labute approximate surface area is 635 Å². The lowest BCUT2D eigenvalue weighted by Gasteiger charge is -2.46. The Balaban J connectivity index is 1.21. The number of fused-ring (bicyclic) bond motifs is 4. The first-order valence-corrected chi connectivity index (χ1v) is 39.9. The molecule has 2 bridgehead atoms. The van der Waals surface area contributed by atoms with Crippen LogP contribution in [0.2, 0.25) is 0 Å². The van der Waals surface area contributed by atoms with E-state index in [1.54, 1.807) is 19.9 Å². The molecular formula is C77H122ClF3N12O14. The summed E-state index contributed by atoms with van der Waals surface area (Å²) in [6, 6.07) is -11.4. The van der Waals surface area contributed by atoms with Gasteiger partial charge < -0.3 is 69.5 Å². The zero-order valence-corrected chi connectivity index (χ0v) is 66.3. The molecule has 4 aliphatic carbocycles. The van der Waals surface area contributed by atoms with Crippen molar-refractivity contribution >= 4 is 82.5 Å². The van der Waals surface area contributed by atoms with E-state index >= 15 is 43.2 Å². The number of rotatable bonds is 14. The van der Waals surface area contributed by atoms with Crippen molar-refractivity contribution in [3.05, 3.63) is 12.2 Å². The molecule has 1 spiro atoms. The quantitative estimate of drug-likeness (QED) is 0.132. The zero-order valence-electron chi connectivity index (χ0n) is 65.5. The van der Waals surface area contributed by atoms with Crippen molar-refractivity contribution in [1.29, 1.82) is 0 Å². The van der Waals surface area contributed by atoms with Crippen molar-refractivity contribution < 1.29 is 80.2 Å². The van der Waals surface area contributed by atoms with Crippen LogP contribution in [0.25, 0.3) is 0 Å². The van der Waals surface area contributed by atoms with E-state index in [1.807, 2.05) is 19.9 Å². The van der Waals surface area contributed by atoms with E-state index in [0.29, 0.717) is 44.4 Å². The van der Waals surface area contributed by atoms with E-state index < -0.39 is 191 Å². The summed E-state index contributed by atoms with van der Waals surface area (Å²) in [5.74, 6) is -10.4. The molecule has 8 aliphatic rings. The van der Waals surface area contributed by atoms with Crippen LogP contribution >= 0.6 is 11.6 Å². The topological polar surface area (TPSA) is 289 Å². The van der Waals surface area contributed by atoms with E-state index in [1.165, 1.54) is 101 Å². The van der Waals surface area contributed by atoms with Crippen LogP contribution in [0.3, 0.4) is 0 Å². The first kappa shape index (κ1) is 86.0. The molecule has 12 amide bonds. The number of likely N-dealkylation sites (N-methyl/N-ethyl adjacent to an activating group) is 6. The van der Waals surface area contributed by atoms with Gasteiger partial charge in [0.2, 0.25) is 70.9 Å². The number of hydrogen-bond donors (Lipinski definition) is 3. The third-order valence-corrected chi connectivity index (χ3v) is 25.5. The van der Waals surface area contributed by atoms with Crippen LogP contribution in [0.4, 0.5) is 13.2 Å². The third-order valence-electron chi connectivity index (χ3n) is 25.0. The molecule has 602 valence electrons. The molecule has 0 aromatic heterocycles. The van der Waals surface area contributed by atoms with Gasteiger partial charge in [0.1, 0.15) is 59.9 Å².